The number of nitrogens with zero attached hydrogens (tertiary/aromatic N) is 2. The van der Waals surface area contributed by atoms with Gasteiger partial charge in [0.15, 0.2) is 5.78 Å². The SMILES string of the molecule is CCCCC(NC(=O)c1[nH]c2c(c1C)C(=O)CC(C)(C)C2)c1nc2ccc(OCCCN3CCCCC3)cc2[nH]1. The average molecular weight is 548 g/mol. The number of ketones is 1. The number of aromatic amines is 2. The molecule has 1 amide bonds. The molecule has 3 N–H and O–H groups in total. The standard InChI is InChI=1S/C32H45N5O3/c1-5-6-11-24(36-31(39)29-21(2)28-26(33-29)19-32(3,4)20-27(28)38)30-34-23-13-12-22(18-25(23)35-30)40-17-10-16-37-14-8-7-9-15-37/h12-13,18,24,33H,5-11,14-17,19-20H2,1-4H3,(H,34,35)(H,36,39). The average Bonchev–Trinajstić information content (AvgIpc) is 3.49. The summed E-state index contributed by atoms with van der Waals surface area (Å²) >= 11 is 0. The first-order chi connectivity index (χ1) is 19.2. The molecule has 2 aromatic heterocycles. The smallest absolute Gasteiger partial charge is 0.268 e. The molecule has 1 unspecified atom stereocenters. The highest BCUT2D eigenvalue weighted by Crippen LogP contribution is 2.37. The minimum Gasteiger partial charge on any atom is -0.493 e. The zero-order chi connectivity index (χ0) is 28.3. The molecule has 5 rings (SSSR count). The molecule has 1 aromatic carbocycles. The summed E-state index contributed by atoms with van der Waals surface area (Å²) in [6.07, 6.45) is 9.00. The number of imidazole rings is 1. The minimum atomic E-state index is -0.263. The maximum Gasteiger partial charge on any atom is 0.268 e. The van der Waals surface area contributed by atoms with Crippen LogP contribution in [0.2, 0.25) is 0 Å². The second-order valence-electron chi connectivity index (χ2n) is 12.5. The van der Waals surface area contributed by atoms with E-state index in [1.54, 1.807) is 0 Å². The van der Waals surface area contributed by atoms with Gasteiger partial charge in [-0.05, 0) is 75.2 Å². The lowest BCUT2D eigenvalue weighted by Crippen LogP contribution is -2.31. The normalized spacial score (nSPS) is 18.1. The molecule has 216 valence electrons. The first kappa shape index (κ1) is 28.4. The summed E-state index contributed by atoms with van der Waals surface area (Å²) in [5.74, 6) is 1.49. The number of fused-ring (bicyclic) bond motifs is 2. The number of ether oxygens (including phenoxy) is 1. The zero-order valence-corrected chi connectivity index (χ0v) is 24.6. The number of piperidine rings is 1. The van der Waals surface area contributed by atoms with E-state index in [-0.39, 0.29) is 23.1 Å². The highest BCUT2D eigenvalue weighted by molar-refractivity contribution is 6.04. The second-order valence-corrected chi connectivity index (χ2v) is 12.5. The second kappa shape index (κ2) is 12.2. The van der Waals surface area contributed by atoms with Crippen molar-refractivity contribution in [2.24, 2.45) is 5.41 Å². The number of hydrogen-bond acceptors (Lipinski definition) is 5. The van der Waals surface area contributed by atoms with Crippen molar-refractivity contribution in [3.63, 3.8) is 0 Å². The predicted octanol–water partition coefficient (Wildman–Crippen LogP) is 6.27. The molecule has 0 bridgehead atoms. The van der Waals surface area contributed by atoms with Gasteiger partial charge in [0.05, 0.1) is 23.7 Å². The first-order valence-corrected chi connectivity index (χ1v) is 15.1. The number of rotatable bonds is 11. The predicted molar refractivity (Wildman–Crippen MR) is 158 cm³/mol. The van der Waals surface area contributed by atoms with Crippen molar-refractivity contribution in [1.82, 2.24) is 25.2 Å². The number of benzene rings is 1. The highest BCUT2D eigenvalue weighted by atomic mass is 16.5. The van der Waals surface area contributed by atoms with Gasteiger partial charge >= 0.3 is 0 Å². The summed E-state index contributed by atoms with van der Waals surface area (Å²) in [6, 6.07) is 5.69. The zero-order valence-electron chi connectivity index (χ0n) is 24.6. The molecular formula is C32H45N5O3. The molecule has 3 aromatic rings. The van der Waals surface area contributed by atoms with Gasteiger partial charge < -0.3 is 24.9 Å². The van der Waals surface area contributed by atoms with Crippen LogP contribution >= 0.6 is 0 Å². The van der Waals surface area contributed by atoms with Crippen LogP contribution in [0.15, 0.2) is 18.2 Å². The van der Waals surface area contributed by atoms with E-state index in [4.69, 9.17) is 9.72 Å². The number of carbonyl (C=O) groups is 2. The van der Waals surface area contributed by atoms with Crippen LogP contribution in [0.25, 0.3) is 11.0 Å². The van der Waals surface area contributed by atoms with Crippen LogP contribution in [0.5, 0.6) is 5.75 Å². The van der Waals surface area contributed by atoms with E-state index in [1.807, 2.05) is 25.1 Å². The molecule has 0 saturated carbocycles. The number of nitrogens with one attached hydrogen (secondary N) is 3. The van der Waals surface area contributed by atoms with Crippen molar-refractivity contribution in [2.75, 3.05) is 26.2 Å². The number of aromatic nitrogens is 3. The molecule has 40 heavy (non-hydrogen) atoms. The Morgan fingerprint density at radius 2 is 1.95 bits per heavy atom. The fraction of sp³-hybridized carbons (Fsp3) is 0.594. The van der Waals surface area contributed by atoms with Crippen LogP contribution in [0.1, 0.15) is 116 Å². The van der Waals surface area contributed by atoms with Gasteiger partial charge in [-0.3, -0.25) is 9.59 Å². The minimum absolute atomic E-state index is 0.108. The Kier molecular flexibility index (Phi) is 8.64. The molecule has 2 aliphatic rings. The van der Waals surface area contributed by atoms with Crippen LogP contribution in [-0.4, -0.2) is 57.8 Å². The van der Waals surface area contributed by atoms with Crippen LogP contribution in [0.3, 0.4) is 0 Å². The first-order valence-electron chi connectivity index (χ1n) is 15.1. The summed E-state index contributed by atoms with van der Waals surface area (Å²) < 4.78 is 6.06. The Morgan fingerprint density at radius 1 is 1.15 bits per heavy atom. The molecular weight excluding hydrogens is 502 g/mol. The highest BCUT2D eigenvalue weighted by Gasteiger charge is 2.35. The van der Waals surface area contributed by atoms with E-state index in [0.29, 0.717) is 24.3 Å². The van der Waals surface area contributed by atoms with Gasteiger partial charge in [0.1, 0.15) is 17.3 Å². The molecule has 0 spiro atoms. The number of carbonyl (C=O) groups excluding carboxylic acids is 2. The molecule has 0 radical (unpaired) electrons. The molecule has 1 fully saturated rings. The van der Waals surface area contributed by atoms with Crippen LogP contribution < -0.4 is 10.1 Å². The molecule has 8 heteroatoms. The third-order valence-electron chi connectivity index (χ3n) is 8.42. The van der Waals surface area contributed by atoms with Crippen LogP contribution in [0, 0.1) is 12.3 Å². The third kappa shape index (κ3) is 6.43. The van der Waals surface area contributed by atoms with E-state index >= 15 is 0 Å². The fourth-order valence-electron chi connectivity index (χ4n) is 6.30. The van der Waals surface area contributed by atoms with E-state index in [1.165, 1.54) is 32.4 Å². The van der Waals surface area contributed by atoms with Gasteiger partial charge in [0.25, 0.3) is 5.91 Å². The number of unbranched alkanes of at least 4 members (excludes halogenated alkanes) is 1. The van der Waals surface area contributed by atoms with E-state index in [0.717, 1.165) is 72.5 Å². The van der Waals surface area contributed by atoms with Gasteiger partial charge in [-0.25, -0.2) is 4.98 Å². The number of Topliss-reactive ketones (excluding diaryl/α,β-unsaturated/α-hetero) is 1. The van der Waals surface area contributed by atoms with Crippen molar-refractivity contribution in [3.05, 3.63) is 46.5 Å². The van der Waals surface area contributed by atoms with E-state index in [2.05, 4.69) is 41.0 Å². The molecule has 3 heterocycles. The Hall–Kier alpha value is -3.13. The van der Waals surface area contributed by atoms with Crippen LogP contribution in [-0.2, 0) is 6.42 Å². The van der Waals surface area contributed by atoms with Crippen molar-refractivity contribution in [2.45, 2.75) is 91.5 Å². The van der Waals surface area contributed by atoms with Gasteiger partial charge in [0, 0.05) is 30.3 Å². The topological polar surface area (TPSA) is 103 Å². The lowest BCUT2D eigenvalue weighted by Gasteiger charge is -2.28. The van der Waals surface area contributed by atoms with Gasteiger partial charge in [0.2, 0.25) is 0 Å². The number of hydrogen-bond donors (Lipinski definition) is 3. The number of amides is 1. The summed E-state index contributed by atoms with van der Waals surface area (Å²) in [5.41, 5.74) is 4.44. The monoisotopic (exact) mass is 547 g/mol. The lowest BCUT2D eigenvalue weighted by molar-refractivity contribution is 0.0908. The number of likely N-dealkylation sites (tertiary alicyclic amines) is 1. The fourth-order valence-corrected chi connectivity index (χ4v) is 6.30. The van der Waals surface area contributed by atoms with Crippen molar-refractivity contribution in [1.29, 1.82) is 0 Å². The van der Waals surface area contributed by atoms with Gasteiger partial charge in [-0.2, -0.15) is 0 Å². The maximum absolute atomic E-state index is 13.5. The van der Waals surface area contributed by atoms with E-state index < -0.39 is 0 Å². The van der Waals surface area contributed by atoms with Crippen molar-refractivity contribution >= 4 is 22.7 Å². The van der Waals surface area contributed by atoms with Crippen molar-refractivity contribution in [3.8, 4) is 5.75 Å². The molecule has 1 saturated heterocycles. The maximum atomic E-state index is 13.5. The Labute approximate surface area is 237 Å². The van der Waals surface area contributed by atoms with Crippen molar-refractivity contribution < 1.29 is 14.3 Å². The summed E-state index contributed by atoms with van der Waals surface area (Å²) in [6.45, 7) is 12.4. The third-order valence-corrected chi connectivity index (χ3v) is 8.42. The Bertz CT molecular complexity index is 1350. The molecule has 1 aliphatic heterocycles. The lowest BCUT2D eigenvalue weighted by atomic mass is 9.75. The largest absolute Gasteiger partial charge is 0.493 e. The summed E-state index contributed by atoms with van der Waals surface area (Å²) in [4.78, 5) is 40.5. The van der Waals surface area contributed by atoms with Gasteiger partial charge in [-0.15, -0.1) is 0 Å². The number of H-pyrrole nitrogens is 2. The Morgan fingerprint density at radius 3 is 2.73 bits per heavy atom. The summed E-state index contributed by atoms with van der Waals surface area (Å²) in [5, 5.41) is 3.21. The molecule has 1 aliphatic carbocycles. The Balaban J connectivity index is 1.27. The van der Waals surface area contributed by atoms with Gasteiger partial charge in [-0.1, -0.05) is 40.0 Å². The molecule has 1 atom stereocenters. The van der Waals surface area contributed by atoms with Crippen LogP contribution in [0.4, 0.5) is 0 Å². The quantitative estimate of drug-likeness (QED) is 0.246. The van der Waals surface area contributed by atoms with E-state index in [9.17, 15) is 9.59 Å². The molecule has 8 nitrogen and oxygen atoms in total. The summed E-state index contributed by atoms with van der Waals surface area (Å²) in [7, 11) is 0.